The van der Waals surface area contributed by atoms with Crippen LogP contribution in [-0.4, -0.2) is 46.1 Å². The minimum Gasteiger partial charge on any atom is -0.351 e. The molecule has 1 aromatic carbocycles. The fraction of sp³-hybridized carbons (Fsp3) is 0.381. The molecule has 0 bridgehead atoms. The van der Waals surface area contributed by atoms with Gasteiger partial charge >= 0.3 is 12.1 Å². The minimum atomic E-state index is -0.624. The SMILES string of the molecule is NC(=O)n1cc(NC(=O)N2CCC[C@H]2C(=O)NC2C=CCCC2)c2ccccc21. The summed E-state index contributed by atoms with van der Waals surface area (Å²) < 4.78 is 1.30. The lowest BCUT2D eigenvalue weighted by atomic mass is 10.0. The first kappa shape index (κ1) is 19.0. The number of nitrogens with two attached hydrogens (primary N) is 1. The van der Waals surface area contributed by atoms with Gasteiger partial charge in [0.25, 0.3) is 0 Å². The number of allylic oxidation sites excluding steroid dienone is 1. The van der Waals surface area contributed by atoms with Gasteiger partial charge in [-0.15, -0.1) is 0 Å². The van der Waals surface area contributed by atoms with Crippen LogP contribution in [0.3, 0.4) is 0 Å². The maximum atomic E-state index is 12.9. The summed E-state index contributed by atoms with van der Waals surface area (Å²) in [6, 6.07) is 5.77. The van der Waals surface area contributed by atoms with E-state index >= 15 is 0 Å². The number of nitrogens with zero attached hydrogens (tertiary/aromatic N) is 2. The van der Waals surface area contributed by atoms with Crippen LogP contribution in [0.1, 0.15) is 32.1 Å². The van der Waals surface area contributed by atoms with E-state index in [2.05, 4.69) is 16.7 Å². The Bertz CT molecular complexity index is 980. The van der Waals surface area contributed by atoms with Gasteiger partial charge in [-0.05, 0) is 38.2 Å². The molecule has 4 rings (SSSR count). The Labute approximate surface area is 168 Å². The van der Waals surface area contributed by atoms with Crippen molar-refractivity contribution in [3.8, 4) is 0 Å². The van der Waals surface area contributed by atoms with Crippen LogP contribution in [0.2, 0.25) is 0 Å². The molecule has 1 aliphatic carbocycles. The highest BCUT2D eigenvalue weighted by Gasteiger charge is 2.35. The maximum Gasteiger partial charge on any atom is 0.323 e. The second-order valence-electron chi connectivity index (χ2n) is 7.52. The molecule has 1 fully saturated rings. The van der Waals surface area contributed by atoms with Gasteiger partial charge < -0.3 is 21.3 Å². The van der Waals surface area contributed by atoms with Gasteiger partial charge in [0.15, 0.2) is 0 Å². The molecule has 1 aromatic heterocycles. The highest BCUT2D eigenvalue weighted by Crippen LogP contribution is 2.27. The van der Waals surface area contributed by atoms with Crippen LogP contribution >= 0.6 is 0 Å². The van der Waals surface area contributed by atoms with Crippen molar-refractivity contribution >= 4 is 34.6 Å². The van der Waals surface area contributed by atoms with Crippen LogP contribution in [0.5, 0.6) is 0 Å². The van der Waals surface area contributed by atoms with Crippen molar-refractivity contribution in [2.24, 2.45) is 5.73 Å². The van der Waals surface area contributed by atoms with Crippen molar-refractivity contribution < 1.29 is 14.4 Å². The number of hydrogen-bond acceptors (Lipinski definition) is 3. The van der Waals surface area contributed by atoms with E-state index in [9.17, 15) is 14.4 Å². The summed E-state index contributed by atoms with van der Waals surface area (Å²) >= 11 is 0. The van der Waals surface area contributed by atoms with E-state index in [-0.39, 0.29) is 18.0 Å². The average Bonchev–Trinajstić information content (AvgIpc) is 3.34. The number of carbonyl (C=O) groups excluding carboxylic acids is 3. The predicted octanol–water partition coefficient (Wildman–Crippen LogP) is 2.79. The molecule has 2 heterocycles. The minimum absolute atomic E-state index is 0.0373. The molecular formula is C21H25N5O3. The highest BCUT2D eigenvalue weighted by atomic mass is 16.2. The molecule has 29 heavy (non-hydrogen) atoms. The highest BCUT2D eigenvalue weighted by molar-refractivity contribution is 6.05. The van der Waals surface area contributed by atoms with E-state index in [1.54, 1.807) is 17.0 Å². The third kappa shape index (κ3) is 3.83. The lowest BCUT2D eigenvalue weighted by Crippen LogP contribution is -2.49. The van der Waals surface area contributed by atoms with Crippen molar-refractivity contribution in [2.45, 2.75) is 44.2 Å². The summed E-state index contributed by atoms with van der Waals surface area (Å²) in [5.74, 6) is -0.117. The molecule has 0 radical (unpaired) electrons. The van der Waals surface area contributed by atoms with Crippen LogP contribution in [0, 0.1) is 0 Å². The van der Waals surface area contributed by atoms with Gasteiger partial charge in [0.1, 0.15) is 6.04 Å². The van der Waals surface area contributed by atoms with Crippen LogP contribution in [0.15, 0.2) is 42.6 Å². The Kier molecular flexibility index (Phi) is 5.24. The number of likely N-dealkylation sites (tertiary alicyclic amines) is 1. The number of benzene rings is 1. The first-order valence-corrected chi connectivity index (χ1v) is 9.99. The van der Waals surface area contributed by atoms with Gasteiger partial charge in [-0.25, -0.2) is 9.59 Å². The summed E-state index contributed by atoms with van der Waals surface area (Å²) in [5, 5.41) is 6.62. The summed E-state index contributed by atoms with van der Waals surface area (Å²) in [5.41, 5.74) is 6.55. The Balaban J connectivity index is 1.50. The number of anilines is 1. The van der Waals surface area contributed by atoms with E-state index in [1.165, 1.54) is 10.8 Å². The number of fused-ring (bicyclic) bond motifs is 1. The zero-order valence-corrected chi connectivity index (χ0v) is 16.1. The Hall–Kier alpha value is -3.29. The first-order chi connectivity index (χ1) is 14.0. The van der Waals surface area contributed by atoms with Gasteiger partial charge in [-0.1, -0.05) is 30.4 Å². The summed E-state index contributed by atoms with van der Waals surface area (Å²) in [6.07, 6.45) is 10.1. The van der Waals surface area contributed by atoms with E-state index in [0.29, 0.717) is 29.6 Å². The quantitative estimate of drug-likeness (QED) is 0.695. The molecule has 0 saturated carbocycles. The summed E-state index contributed by atoms with van der Waals surface area (Å²) in [6.45, 7) is 0.513. The molecule has 4 N–H and O–H groups in total. The molecule has 152 valence electrons. The maximum absolute atomic E-state index is 12.9. The third-order valence-electron chi connectivity index (χ3n) is 5.59. The number of hydrogen-bond donors (Lipinski definition) is 3. The molecule has 4 amide bonds. The van der Waals surface area contributed by atoms with Crippen LogP contribution in [-0.2, 0) is 4.79 Å². The van der Waals surface area contributed by atoms with Crippen molar-refractivity contribution in [1.29, 1.82) is 0 Å². The normalized spacial score (nSPS) is 21.3. The van der Waals surface area contributed by atoms with Crippen molar-refractivity contribution in [3.63, 3.8) is 0 Å². The van der Waals surface area contributed by atoms with Crippen molar-refractivity contribution in [1.82, 2.24) is 14.8 Å². The summed E-state index contributed by atoms with van der Waals surface area (Å²) in [4.78, 5) is 39.0. The zero-order valence-electron chi connectivity index (χ0n) is 16.1. The third-order valence-corrected chi connectivity index (χ3v) is 5.59. The Morgan fingerprint density at radius 2 is 1.93 bits per heavy atom. The second-order valence-corrected chi connectivity index (χ2v) is 7.52. The molecule has 2 atom stereocenters. The fourth-order valence-electron chi connectivity index (χ4n) is 4.14. The number of primary amides is 1. The fourth-order valence-corrected chi connectivity index (χ4v) is 4.14. The number of nitrogens with one attached hydrogen (secondary N) is 2. The zero-order chi connectivity index (χ0) is 20.4. The molecule has 1 unspecified atom stereocenters. The lowest BCUT2D eigenvalue weighted by Gasteiger charge is -2.26. The number of amides is 4. The molecule has 0 spiro atoms. The van der Waals surface area contributed by atoms with Gasteiger partial charge in [0.2, 0.25) is 5.91 Å². The summed E-state index contributed by atoms with van der Waals surface area (Å²) in [7, 11) is 0. The number of aromatic nitrogens is 1. The largest absolute Gasteiger partial charge is 0.351 e. The van der Waals surface area contributed by atoms with Crippen molar-refractivity contribution in [3.05, 3.63) is 42.6 Å². The Morgan fingerprint density at radius 1 is 1.10 bits per heavy atom. The Morgan fingerprint density at radius 3 is 2.69 bits per heavy atom. The van der Waals surface area contributed by atoms with Gasteiger partial charge in [0.05, 0.1) is 11.2 Å². The smallest absolute Gasteiger partial charge is 0.323 e. The molecule has 2 aromatic rings. The first-order valence-electron chi connectivity index (χ1n) is 9.99. The second kappa shape index (κ2) is 7.98. The number of rotatable bonds is 3. The van der Waals surface area contributed by atoms with Gasteiger partial charge in [-0.2, -0.15) is 0 Å². The standard InChI is InChI=1S/C21H25N5O3/c22-20(28)26-13-16(15-9-4-5-10-17(15)26)24-21(29)25-12-6-11-18(25)19(27)23-14-7-2-1-3-8-14/h2,4-5,7,9-10,13-14,18H,1,3,6,8,11-12H2,(H2,22,28)(H,23,27)(H,24,29)/t14?,18-/m0/s1. The molecule has 2 aliphatic rings. The van der Waals surface area contributed by atoms with E-state index in [1.807, 2.05) is 18.2 Å². The van der Waals surface area contributed by atoms with Crippen LogP contribution < -0.4 is 16.4 Å². The van der Waals surface area contributed by atoms with E-state index in [4.69, 9.17) is 5.73 Å². The number of urea groups is 1. The molecular weight excluding hydrogens is 370 g/mol. The molecule has 1 saturated heterocycles. The topological polar surface area (TPSA) is 109 Å². The number of carbonyl (C=O) groups is 3. The lowest BCUT2D eigenvalue weighted by molar-refractivity contribution is -0.125. The van der Waals surface area contributed by atoms with Crippen LogP contribution in [0.4, 0.5) is 15.3 Å². The number of para-hydroxylation sites is 1. The van der Waals surface area contributed by atoms with Gasteiger partial charge in [-0.3, -0.25) is 9.36 Å². The molecule has 1 aliphatic heterocycles. The monoisotopic (exact) mass is 395 g/mol. The molecule has 8 nitrogen and oxygen atoms in total. The predicted molar refractivity (Wildman–Crippen MR) is 111 cm³/mol. The van der Waals surface area contributed by atoms with Gasteiger partial charge in [0, 0.05) is 24.2 Å². The van der Waals surface area contributed by atoms with Crippen molar-refractivity contribution in [2.75, 3.05) is 11.9 Å². The van der Waals surface area contributed by atoms with E-state index < -0.39 is 12.1 Å². The van der Waals surface area contributed by atoms with E-state index in [0.717, 1.165) is 25.7 Å². The molecule has 8 heteroatoms. The average molecular weight is 395 g/mol. The van der Waals surface area contributed by atoms with Crippen LogP contribution in [0.25, 0.3) is 10.9 Å².